The molecule has 2 aliphatic rings. The fourth-order valence-corrected chi connectivity index (χ4v) is 5.29. The Morgan fingerprint density at radius 1 is 1.31 bits per heavy atom. The average molecular weight is 509 g/mol. The first-order valence-electron chi connectivity index (χ1n) is 11.8. The Labute approximate surface area is 213 Å². The zero-order chi connectivity index (χ0) is 25.4. The Kier molecular flexibility index (Phi) is 6.47. The molecule has 188 valence electrons. The van der Waals surface area contributed by atoms with Gasteiger partial charge in [-0.2, -0.15) is 0 Å². The number of benzene rings is 1. The zero-order valence-corrected chi connectivity index (χ0v) is 21.2. The van der Waals surface area contributed by atoms with E-state index < -0.39 is 17.6 Å². The van der Waals surface area contributed by atoms with E-state index in [1.54, 1.807) is 45.3 Å². The Balaban J connectivity index is 1.32. The van der Waals surface area contributed by atoms with Gasteiger partial charge in [0, 0.05) is 49.0 Å². The normalized spacial score (nSPS) is 18.7. The van der Waals surface area contributed by atoms with Crippen molar-refractivity contribution in [3.63, 3.8) is 0 Å². The molecule has 2 amide bonds. The second-order valence-electron chi connectivity index (χ2n) is 9.55. The molecule has 2 aliphatic heterocycles. The molecule has 0 radical (unpaired) electrons. The van der Waals surface area contributed by atoms with Crippen LogP contribution in [-0.4, -0.2) is 64.8 Å². The first-order valence-corrected chi connectivity index (χ1v) is 12.7. The van der Waals surface area contributed by atoms with Gasteiger partial charge < -0.3 is 24.8 Å². The van der Waals surface area contributed by atoms with Crippen molar-refractivity contribution in [2.45, 2.75) is 44.2 Å². The lowest BCUT2D eigenvalue weighted by Crippen LogP contribution is -2.49. The summed E-state index contributed by atoms with van der Waals surface area (Å²) in [5, 5.41) is 14.8. The molecule has 1 fully saturated rings. The molecule has 0 bridgehead atoms. The van der Waals surface area contributed by atoms with Crippen LogP contribution < -0.4 is 15.0 Å². The third-order valence-corrected chi connectivity index (χ3v) is 7.14. The minimum atomic E-state index is -1.13. The van der Waals surface area contributed by atoms with Crippen LogP contribution in [0.1, 0.15) is 54.4 Å². The number of fused-ring (bicyclic) bond motifs is 2. The van der Waals surface area contributed by atoms with Gasteiger partial charge in [-0.1, -0.05) is 11.8 Å². The summed E-state index contributed by atoms with van der Waals surface area (Å²) >= 11 is 1.50. The fraction of sp³-hybridized carbons (Fsp3) is 0.423. The number of rotatable bonds is 3. The van der Waals surface area contributed by atoms with Crippen LogP contribution >= 0.6 is 11.3 Å². The molecular formula is C26H28N4O5S. The largest absolute Gasteiger partial charge is 0.489 e. The summed E-state index contributed by atoms with van der Waals surface area (Å²) in [6.45, 7) is 4.66. The smallest absolute Gasteiger partial charge is 0.272 e. The Bertz CT molecular complexity index is 1370. The van der Waals surface area contributed by atoms with E-state index in [1.807, 2.05) is 4.40 Å². The van der Waals surface area contributed by atoms with E-state index in [4.69, 9.17) is 9.47 Å². The highest BCUT2D eigenvalue weighted by atomic mass is 32.1. The van der Waals surface area contributed by atoms with Gasteiger partial charge in [0.15, 0.2) is 4.96 Å². The van der Waals surface area contributed by atoms with Crippen LogP contribution in [0.15, 0.2) is 29.8 Å². The standard InChI is InChI=1S/C26H28N4O5S/c1-26(2,33)9-6-16-4-5-22-20(12-16)29(3)24(32)19(14-35-22)27-23(31)18-13-30-21(15-36-25(30)28-18)17-7-10-34-11-8-17/h4-5,12-13,15,17,19,33H,7-8,10-11,14H2,1-3H3,(H,27,31)/t19-/m0/s1. The third kappa shape index (κ3) is 4.95. The van der Waals surface area contributed by atoms with Crippen LogP contribution in [0.25, 0.3) is 4.96 Å². The molecule has 9 nitrogen and oxygen atoms in total. The van der Waals surface area contributed by atoms with Crippen LogP contribution in [0.5, 0.6) is 5.75 Å². The number of carbonyl (C=O) groups is 2. The number of aliphatic hydroxyl groups is 1. The van der Waals surface area contributed by atoms with Crippen molar-refractivity contribution in [2.24, 2.45) is 0 Å². The summed E-state index contributed by atoms with van der Waals surface area (Å²) in [7, 11) is 1.63. The zero-order valence-electron chi connectivity index (χ0n) is 20.4. The summed E-state index contributed by atoms with van der Waals surface area (Å²) < 4.78 is 13.3. The Morgan fingerprint density at radius 3 is 2.83 bits per heavy atom. The number of anilines is 1. The van der Waals surface area contributed by atoms with Crippen LogP contribution in [0.4, 0.5) is 5.69 Å². The molecule has 2 N–H and O–H groups in total. The van der Waals surface area contributed by atoms with Gasteiger partial charge in [-0.25, -0.2) is 4.98 Å². The predicted molar refractivity (Wildman–Crippen MR) is 136 cm³/mol. The highest BCUT2D eigenvalue weighted by Gasteiger charge is 2.32. The topological polar surface area (TPSA) is 105 Å². The highest BCUT2D eigenvalue weighted by molar-refractivity contribution is 7.15. The molecule has 0 unspecified atom stereocenters. The lowest BCUT2D eigenvalue weighted by Gasteiger charge is -2.21. The van der Waals surface area contributed by atoms with Gasteiger partial charge in [0.05, 0.1) is 5.69 Å². The number of amides is 2. The van der Waals surface area contributed by atoms with E-state index in [1.165, 1.54) is 16.2 Å². The lowest BCUT2D eigenvalue weighted by molar-refractivity contribution is -0.120. The molecule has 10 heteroatoms. The second-order valence-corrected chi connectivity index (χ2v) is 10.4. The molecule has 2 aromatic heterocycles. The van der Waals surface area contributed by atoms with Crippen molar-refractivity contribution >= 4 is 33.8 Å². The maximum atomic E-state index is 13.2. The van der Waals surface area contributed by atoms with Crippen molar-refractivity contribution < 1.29 is 24.2 Å². The monoisotopic (exact) mass is 508 g/mol. The first-order chi connectivity index (χ1) is 17.2. The molecule has 1 atom stereocenters. The molecule has 1 aromatic carbocycles. The van der Waals surface area contributed by atoms with E-state index in [0.717, 1.165) is 36.7 Å². The molecular weight excluding hydrogens is 480 g/mol. The number of likely N-dealkylation sites (N-methyl/N-ethyl adjacent to an activating group) is 1. The average Bonchev–Trinajstić information content (AvgIpc) is 3.43. The van der Waals surface area contributed by atoms with E-state index in [-0.39, 0.29) is 18.2 Å². The number of hydrogen-bond acceptors (Lipinski definition) is 7. The Morgan fingerprint density at radius 2 is 2.08 bits per heavy atom. The van der Waals surface area contributed by atoms with Crippen LogP contribution in [0.3, 0.4) is 0 Å². The number of thiazole rings is 1. The third-order valence-electron chi connectivity index (χ3n) is 6.28. The SMILES string of the molecule is CN1C(=O)[C@@H](NC(=O)c2cn3c(C4CCOCC4)csc3n2)COc2ccc(C#CC(C)(C)O)cc21. The molecule has 5 rings (SSSR count). The second kappa shape index (κ2) is 9.58. The summed E-state index contributed by atoms with van der Waals surface area (Å²) in [5.41, 5.74) is 1.45. The van der Waals surface area contributed by atoms with Crippen molar-refractivity contribution in [3.05, 3.63) is 46.7 Å². The molecule has 0 saturated carbocycles. The van der Waals surface area contributed by atoms with Crippen molar-refractivity contribution in [2.75, 3.05) is 31.8 Å². The predicted octanol–water partition coefficient (Wildman–Crippen LogP) is 2.57. The number of aromatic nitrogens is 2. The van der Waals surface area contributed by atoms with E-state index >= 15 is 0 Å². The first kappa shape index (κ1) is 24.3. The van der Waals surface area contributed by atoms with Gasteiger partial charge in [0.2, 0.25) is 0 Å². The molecule has 3 aromatic rings. The molecule has 36 heavy (non-hydrogen) atoms. The van der Waals surface area contributed by atoms with Crippen LogP contribution in [-0.2, 0) is 9.53 Å². The minimum absolute atomic E-state index is 0.00779. The Hall–Kier alpha value is -3.39. The number of nitrogens with one attached hydrogen (secondary N) is 1. The molecule has 4 heterocycles. The molecule has 0 spiro atoms. The lowest BCUT2D eigenvalue weighted by atomic mass is 9.97. The summed E-state index contributed by atoms with van der Waals surface area (Å²) in [5.74, 6) is 5.83. The highest BCUT2D eigenvalue weighted by Crippen LogP contribution is 2.32. The van der Waals surface area contributed by atoms with Crippen LogP contribution in [0.2, 0.25) is 0 Å². The molecule has 0 aliphatic carbocycles. The van der Waals surface area contributed by atoms with Gasteiger partial charge in [-0.05, 0) is 44.9 Å². The van der Waals surface area contributed by atoms with Crippen molar-refractivity contribution in [3.8, 4) is 17.6 Å². The quantitative estimate of drug-likeness (QED) is 0.527. The number of carbonyl (C=O) groups excluding carboxylic acids is 2. The van der Waals surface area contributed by atoms with Gasteiger partial charge >= 0.3 is 0 Å². The summed E-state index contributed by atoms with van der Waals surface area (Å²) in [4.78, 5) is 33.0. The van der Waals surface area contributed by atoms with Crippen molar-refractivity contribution in [1.29, 1.82) is 0 Å². The van der Waals surface area contributed by atoms with Gasteiger partial charge in [0.25, 0.3) is 11.8 Å². The summed E-state index contributed by atoms with van der Waals surface area (Å²) in [6, 6.07) is 4.36. The van der Waals surface area contributed by atoms with Gasteiger partial charge in [0.1, 0.15) is 29.7 Å². The van der Waals surface area contributed by atoms with E-state index in [0.29, 0.717) is 22.9 Å². The molecule has 1 saturated heterocycles. The minimum Gasteiger partial charge on any atom is -0.489 e. The fourth-order valence-electron chi connectivity index (χ4n) is 4.33. The summed E-state index contributed by atoms with van der Waals surface area (Å²) in [6.07, 6.45) is 3.62. The number of hydrogen-bond donors (Lipinski definition) is 2. The van der Waals surface area contributed by atoms with Crippen molar-refractivity contribution in [1.82, 2.24) is 14.7 Å². The number of ether oxygens (including phenoxy) is 2. The van der Waals surface area contributed by atoms with E-state index in [9.17, 15) is 14.7 Å². The number of nitrogens with zero attached hydrogens (tertiary/aromatic N) is 3. The maximum absolute atomic E-state index is 13.2. The van der Waals surface area contributed by atoms with E-state index in [2.05, 4.69) is 27.5 Å². The van der Waals surface area contributed by atoms with Gasteiger partial charge in [-0.15, -0.1) is 11.3 Å². The van der Waals surface area contributed by atoms with Crippen LogP contribution in [0, 0.1) is 11.8 Å². The maximum Gasteiger partial charge on any atom is 0.272 e. The van der Waals surface area contributed by atoms with Gasteiger partial charge in [-0.3, -0.25) is 14.0 Å². The number of imidazole rings is 1.